The molecular formula is C12H13BrF2N2S. The molecule has 1 aromatic rings. The van der Waals surface area contributed by atoms with Gasteiger partial charge in [0.25, 0.3) is 0 Å². The molecule has 0 radical (unpaired) electrons. The summed E-state index contributed by atoms with van der Waals surface area (Å²) in [5.41, 5.74) is -0.214. The smallest absolute Gasteiger partial charge is 0.171 e. The fourth-order valence-corrected chi connectivity index (χ4v) is 2.74. The minimum absolute atomic E-state index is 0.214. The maximum Gasteiger partial charge on any atom is 0.171 e. The molecule has 2 N–H and O–H groups in total. The Balaban J connectivity index is 2.02. The predicted molar refractivity (Wildman–Crippen MR) is 75.7 cm³/mol. The van der Waals surface area contributed by atoms with Gasteiger partial charge in [-0.25, -0.2) is 8.78 Å². The lowest BCUT2D eigenvalue weighted by atomic mass is 10.2. The van der Waals surface area contributed by atoms with Crippen LogP contribution in [0.15, 0.2) is 16.6 Å². The molecule has 2 nitrogen and oxygen atoms in total. The quantitative estimate of drug-likeness (QED) is 0.800. The van der Waals surface area contributed by atoms with Crippen LogP contribution in [0.3, 0.4) is 0 Å². The van der Waals surface area contributed by atoms with Crippen LogP contribution < -0.4 is 10.6 Å². The monoisotopic (exact) mass is 334 g/mol. The molecule has 0 atom stereocenters. The standard InChI is InChI=1S/C12H13BrF2N2S/c13-7-5-9(14)11(10(15)6-7)17-12(18)16-8-3-1-2-4-8/h5-6,8H,1-4H2,(H2,16,17,18). The SMILES string of the molecule is Fc1cc(Br)cc(F)c1NC(=S)NC1CCCC1. The Bertz CT molecular complexity index is 438. The number of benzene rings is 1. The van der Waals surface area contributed by atoms with Crippen molar-refractivity contribution in [3.8, 4) is 0 Å². The Kier molecular flexibility index (Phi) is 4.50. The van der Waals surface area contributed by atoms with Crippen LogP contribution in [0.4, 0.5) is 14.5 Å². The van der Waals surface area contributed by atoms with Gasteiger partial charge in [0.2, 0.25) is 0 Å². The predicted octanol–water partition coefficient (Wildman–Crippen LogP) is 3.96. The van der Waals surface area contributed by atoms with E-state index in [2.05, 4.69) is 26.6 Å². The zero-order valence-electron chi connectivity index (χ0n) is 9.60. The summed E-state index contributed by atoms with van der Waals surface area (Å²) in [4.78, 5) is 0. The molecule has 0 spiro atoms. The number of nitrogens with one attached hydrogen (secondary N) is 2. The average molecular weight is 335 g/mol. The molecule has 6 heteroatoms. The topological polar surface area (TPSA) is 24.1 Å². The van der Waals surface area contributed by atoms with E-state index in [0.717, 1.165) is 12.8 Å². The van der Waals surface area contributed by atoms with Gasteiger partial charge in [0.1, 0.15) is 5.69 Å². The van der Waals surface area contributed by atoms with Crippen molar-refractivity contribution in [2.75, 3.05) is 5.32 Å². The molecular weight excluding hydrogens is 322 g/mol. The highest BCUT2D eigenvalue weighted by Gasteiger charge is 2.17. The average Bonchev–Trinajstić information content (AvgIpc) is 2.76. The van der Waals surface area contributed by atoms with Gasteiger partial charge in [-0.3, -0.25) is 0 Å². The summed E-state index contributed by atoms with van der Waals surface area (Å²) in [5, 5.41) is 5.92. The zero-order chi connectivity index (χ0) is 13.1. The van der Waals surface area contributed by atoms with E-state index in [1.54, 1.807) is 0 Å². The summed E-state index contributed by atoms with van der Waals surface area (Å²) in [6.45, 7) is 0. The molecule has 0 aliphatic heterocycles. The molecule has 0 amide bonds. The van der Waals surface area contributed by atoms with Gasteiger partial charge in [-0.2, -0.15) is 0 Å². The largest absolute Gasteiger partial charge is 0.360 e. The van der Waals surface area contributed by atoms with E-state index in [9.17, 15) is 8.78 Å². The third kappa shape index (κ3) is 3.38. The first-order valence-corrected chi connectivity index (χ1v) is 6.98. The van der Waals surface area contributed by atoms with Gasteiger partial charge in [0, 0.05) is 10.5 Å². The van der Waals surface area contributed by atoms with Gasteiger partial charge in [-0.15, -0.1) is 0 Å². The molecule has 1 aliphatic carbocycles. The molecule has 98 valence electrons. The maximum atomic E-state index is 13.6. The molecule has 0 saturated heterocycles. The third-order valence-corrected chi connectivity index (χ3v) is 3.61. The van der Waals surface area contributed by atoms with Crippen LogP contribution in [0.5, 0.6) is 0 Å². The van der Waals surface area contributed by atoms with Gasteiger partial charge >= 0.3 is 0 Å². The minimum atomic E-state index is -0.669. The van der Waals surface area contributed by atoms with Crippen molar-refractivity contribution in [1.29, 1.82) is 0 Å². The van der Waals surface area contributed by atoms with Crippen LogP contribution in [0.2, 0.25) is 0 Å². The van der Waals surface area contributed by atoms with Crippen molar-refractivity contribution in [3.63, 3.8) is 0 Å². The Labute approximate surface area is 118 Å². The van der Waals surface area contributed by atoms with E-state index < -0.39 is 11.6 Å². The van der Waals surface area contributed by atoms with Crippen LogP contribution in [0.25, 0.3) is 0 Å². The van der Waals surface area contributed by atoms with Gasteiger partial charge in [-0.1, -0.05) is 28.8 Å². The summed E-state index contributed by atoms with van der Waals surface area (Å²) < 4.78 is 27.5. The second-order valence-corrected chi connectivity index (χ2v) is 5.65. The maximum absolute atomic E-state index is 13.6. The summed E-state index contributed by atoms with van der Waals surface area (Å²) >= 11 is 8.09. The fourth-order valence-electron chi connectivity index (χ4n) is 2.07. The van der Waals surface area contributed by atoms with Crippen molar-refractivity contribution in [1.82, 2.24) is 5.32 Å². The number of rotatable bonds is 2. The lowest BCUT2D eigenvalue weighted by molar-refractivity contribution is 0.588. The van der Waals surface area contributed by atoms with Crippen LogP contribution in [-0.4, -0.2) is 11.2 Å². The number of hydrogen-bond acceptors (Lipinski definition) is 1. The van der Waals surface area contributed by atoms with Gasteiger partial charge in [0.05, 0.1) is 0 Å². The Morgan fingerprint density at radius 3 is 2.33 bits per heavy atom. The summed E-state index contributed by atoms with van der Waals surface area (Å²) in [6.07, 6.45) is 4.43. The molecule has 0 aromatic heterocycles. The van der Waals surface area contributed by atoms with E-state index in [0.29, 0.717) is 10.5 Å². The molecule has 1 saturated carbocycles. The number of thiocarbonyl (C=S) groups is 1. The van der Waals surface area contributed by atoms with Crippen LogP contribution in [-0.2, 0) is 0 Å². The van der Waals surface area contributed by atoms with Crippen molar-refractivity contribution in [2.24, 2.45) is 0 Å². The van der Waals surface area contributed by atoms with Crippen molar-refractivity contribution in [3.05, 3.63) is 28.2 Å². The number of anilines is 1. The molecule has 1 fully saturated rings. The van der Waals surface area contributed by atoms with E-state index in [4.69, 9.17) is 12.2 Å². The molecule has 1 aliphatic rings. The highest BCUT2D eigenvalue weighted by atomic mass is 79.9. The van der Waals surface area contributed by atoms with Gasteiger partial charge < -0.3 is 10.6 Å². The molecule has 0 heterocycles. The van der Waals surface area contributed by atoms with Gasteiger partial charge in [0.15, 0.2) is 16.7 Å². The van der Waals surface area contributed by atoms with Crippen LogP contribution in [0.1, 0.15) is 25.7 Å². The molecule has 18 heavy (non-hydrogen) atoms. The summed E-state index contributed by atoms with van der Waals surface area (Å²) in [7, 11) is 0. The Hall–Kier alpha value is -0.750. The fraction of sp³-hybridized carbons (Fsp3) is 0.417. The summed E-state index contributed by atoms with van der Waals surface area (Å²) in [6, 6.07) is 2.71. The highest BCUT2D eigenvalue weighted by Crippen LogP contribution is 2.24. The first-order valence-electron chi connectivity index (χ1n) is 5.78. The van der Waals surface area contributed by atoms with Gasteiger partial charge in [-0.05, 0) is 37.2 Å². The minimum Gasteiger partial charge on any atom is -0.360 e. The number of halogens is 3. The molecule has 0 unspecified atom stereocenters. The van der Waals surface area contributed by atoms with Crippen molar-refractivity contribution < 1.29 is 8.78 Å². The van der Waals surface area contributed by atoms with E-state index in [1.807, 2.05) is 0 Å². The van der Waals surface area contributed by atoms with Crippen LogP contribution in [0, 0.1) is 11.6 Å². The van der Waals surface area contributed by atoms with E-state index in [-0.39, 0.29) is 10.8 Å². The van der Waals surface area contributed by atoms with Crippen LogP contribution >= 0.6 is 28.1 Å². The normalized spacial score (nSPS) is 15.7. The second kappa shape index (κ2) is 5.93. The van der Waals surface area contributed by atoms with E-state index >= 15 is 0 Å². The first-order chi connectivity index (χ1) is 8.56. The first kappa shape index (κ1) is 13.7. The number of hydrogen-bond donors (Lipinski definition) is 2. The molecule has 1 aromatic carbocycles. The summed E-state index contributed by atoms with van der Waals surface area (Å²) in [5.74, 6) is -1.34. The lowest BCUT2D eigenvalue weighted by Gasteiger charge is -2.16. The highest BCUT2D eigenvalue weighted by molar-refractivity contribution is 9.10. The Morgan fingerprint density at radius 2 is 1.78 bits per heavy atom. The van der Waals surface area contributed by atoms with Crippen molar-refractivity contribution >= 4 is 38.9 Å². The van der Waals surface area contributed by atoms with E-state index in [1.165, 1.54) is 25.0 Å². The lowest BCUT2D eigenvalue weighted by Crippen LogP contribution is -2.36. The zero-order valence-corrected chi connectivity index (χ0v) is 12.0. The molecule has 2 rings (SSSR count). The second-order valence-electron chi connectivity index (χ2n) is 4.32. The third-order valence-electron chi connectivity index (χ3n) is 2.94. The Morgan fingerprint density at radius 1 is 1.22 bits per heavy atom. The van der Waals surface area contributed by atoms with Crippen molar-refractivity contribution in [2.45, 2.75) is 31.7 Å². The molecule has 0 bridgehead atoms.